The molecule has 2 aromatic carbocycles. The van der Waals surface area contributed by atoms with Crippen molar-refractivity contribution in [3.8, 4) is 12.1 Å². The number of nitriles is 2. The number of amides is 1. The van der Waals surface area contributed by atoms with Crippen LogP contribution in [0.15, 0.2) is 63.9 Å². The van der Waals surface area contributed by atoms with E-state index in [1.165, 1.54) is 21.8 Å². The van der Waals surface area contributed by atoms with Gasteiger partial charge in [0.2, 0.25) is 0 Å². The predicted molar refractivity (Wildman–Crippen MR) is 130 cm³/mol. The lowest BCUT2D eigenvalue weighted by molar-refractivity contribution is -0.112. The molecule has 0 saturated carbocycles. The standard InChI is InChI=1S/C26H21N3OS2/c1-17-6-10-20(11-7-17)31-21-12-8-18(9-13-21)14-19(15-27)25(30)29-26-23(16-28)22-4-2-3-5-24(22)32-26/h6-14H,2-5H2,1H3,(H,29,30)/b19-14+. The Morgan fingerprint density at radius 3 is 2.34 bits per heavy atom. The number of nitrogens with one attached hydrogen (secondary N) is 1. The van der Waals surface area contributed by atoms with Crippen LogP contribution in [0.3, 0.4) is 0 Å². The van der Waals surface area contributed by atoms with Crippen molar-refractivity contribution in [3.63, 3.8) is 0 Å². The Bertz CT molecular complexity index is 1260. The Labute approximate surface area is 196 Å². The van der Waals surface area contributed by atoms with Gasteiger partial charge in [0.1, 0.15) is 22.7 Å². The summed E-state index contributed by atoms with van der Waals surface area (Å²) in [5.41, 5.74) is 3.62. The molecular weight excluding hydrogens is 434 g/mol. The van der Waals surface area contributed by atoms with Gasteiger partial charge in [0, 0.05) is 14.7 Å². The molecule has 1 aliphatic rings. The number of carbonyl (C=O) groups excluding carboxylic acids is 1. The van der Waals surface area contributed by atoms with Gasteiger partial charge < -0.3 is 5.32 Å². The van der Waals surface area contributed by atoms with E-state index in [0.717, 1.165) is 46.6 Å². The van der Waals surface area contributed by atoms with E-state index >= 15 is 0 Å². The Kier molecular flexibility index (Phi) is 6.75. The molecule has 0 bridgehead atoms. The van der Waals surface area contributed by atoms with Gasteiger partial charge in [0.25, 0.3) is 5.91 Å². The summed E-state index contributed by atoms with van der Waals surface area (Å²) in [6.45, 7) is 2.06. The van der Waals surface area contributed by atoms with Crippen LogP contribution in [0.1, 0.15) is 40.0 Å². The highest BCUT2D eigenvalue weighted by Crippen LogP contribution is 2.37. The van der Waals surface area contributed by atoms with Gasteiger partial charge in [0.05, 0.1) is 5.56 Å². The van der Waals surface area contributed by atoms with Crippen LogP contribution in [0.5, 0.6) is 0 Å². The van der Waals surface area contributed by atoms with E-state index in [1.54, 1.807) is 17.8 Å². The lowest BCUT2D eigenvalue weighted by atomic mass is 9.96. The number of hydrogen-bond donors (Lipinski definition) is 1. The smallest absolute Gasteiger partial charge is 0.266 e. The van der Waals surface area contributed by atoms with E-state index in [1.807, 2.05) is 30.3 Å². The maximum absolute atomic E-state index is 12.8. The number of hydrogen-bond acceptors (Lipinski definition) is 5. The predicted octanol–water partition coefficient (Wildman–Crippen LogP) is 6.50. The first-order valence-electron chi connectivity index (χ1n) is 10.4. The van der Waals surface area contributed by atoms with Crippen LogP contribution in [0.2, 0.25) is 0 Å². The average molecular weight is 456 g/mol. The highest BCUT2D eigenvalue weighted by Gasteiger charge is 2.22. The van der Waals surface area contributed by atoms with E-state index in [9.17, 15) is 15.3 Å². The van der Waals surface area contributed by atoms with Gasteiger partial charge in [-0.25, -0.2) is 0 Å². The molecular formula is C26H21N3OS2. The zero-order valence-electron chi connectivity index (χ0n) is 17.6. The van der Waals surface area contributed by atoms with Gasteiger partial charge in [0.15, 0.2) is 0 Å². The maximum atomic E-state index is 12.8. The monoisotopic (exact) mass is 455 g/mol. The first kappa shape index (κ1) is 21.9. The summed E-state index contributed by atoms with van der Waals surface area (Å²) in [4.78, 5) is 16.2. The van der Waals surface area contributed by atoms with Crippen LogP contribution < -0.4 is 5.32 Å². The normalized spacial score (nSPS) is 13.0. The Hall–Kier alpha value is -3.32. The van der Waals surface area contributed by atoms with Gasteiger partial charge in [-0.15, -0.1) is 11.3 Å². The summed E-state index contributed by atoms with van der Waals surface area (Å²) in [5, 5.41) is 22.5. The molecule has 0 spiro atoms. The van der Waals surface area contributed by atoms with Crippen molar-refractivity contribution in [1.29, 1.82) is 10.5 Å². The highest BCUT2D eigenvalue weighted by atomic mass is 32.2. The summed E-state index contributed by atoms with van der Waals surface area (Å²) in [6, 6.07) is 20.3. The van der Waals surface area contributed by atoms with Gasteiger partial charge in [-0.2, -0.15) is 10.5 Å². The van der Waals surface area contributed by atoms with E-state index < -0.39 is 5.91 Å². The number of benzene rings is 2. The number of aryl methyl sites for hydroxylation is 2. The van der Waals surface area contributed by atoms with Gasteiger partial charge in [-0.05, 0) is 74.1 Å². The third-order valence-electron chi connectivity index (χ3n) is 5.32. The molecule has 1 N–H and O–H groups in total. The summed E-state index contributed by atoms with van der Waals surface area (Å²) in [5.74, 6) is -0.485. The van der Waals surface area contributed by atoms with Crippen molar-refractivity contribution < 1.29 is 4.79 Å². The van der Waals surface area contributed by atoms with Crippen LogP contribution in [0.25, 0.3) is 6.08 Å². The molecule has 0 saturated heterocycles. The topological polar surface area (TPSA) is 76.7 Å². The molecule has 1 heterocycles. The first-order chi connectivity index (χ1) is 15.6. The van der Waals surface area contributed by atoms with Crippen molar-refractivity contribution >= 4 is 40.1 Å². The molecule has 0 unspecified atom stereocenters. The summed E-state index contributed by atoms with van der Waals surface area (Å²) in [7, 11) is 0. The van der Waals surface area contributed by atoms with E-state index in [-0.39, 0.29) is 5.57 Å². The quantitative estimate of drug-likeness (QED) is 0.352. The van der Waals surface area contributed by atoms with Gasteiger partial charge in [-0.3, -0.25) is 4.79 Å². The number of rotatable bonds is 5. The second kappa shape index (κ2) is 9.87. The van der Waals surface area contributed by atoms with Crippen LogP contribution in [0, 0.1) is 29.6 Å². The van der Waals surface area contributed by atoms with Crippen LogP contribution in [-0.4, -0.2) is 5.91 Å². The molecule has 1 aromatic heterocycles. The highest BCUT2D eigenvalue weighted by molar-refractivity contribution is 7.99. The molecule has 1 amide bonds. The molecule has 4 rings (SSSR count). The van der Waals surface area contributed by atoms with Crippen molar-refractivity contribution in [2.45, 2.75) is 42.4 Å². The molecule has 3 aromatic rings. The fourth-order valence-corrected chi connectivity index (χ4v) is 5.68. The summed E-state index contributed by atoms with van der Waals surface area (Å²) >= 11 is 3.12. The minimum Gasteiger partial charge on any atom is -0.312 e. The van der Waals surface area contributed by atoms with Crippen LogP contribution >= 0.6 is 23.1 Å². The fraction of sp³-hybridized carbons (Fsp3) is 0.192. The molecule has 32 heavy (non-hydrogen) atoms. The molecule has 4 nitrogen and oxygen atoms in total. The third kappa shape index (κ3) is 4.94. The minimum absolute atomic E-state index is 0.0131. The Morgan fingerprint density at radius 2 is 1.69 bits per heavy atom. The number of carbonyl (C=O) groups is 1. The second-order valence-electron chi connectivity index (χ2n) is 7.63. The minimum atomic E-state index is -0.485. The van der Waals surface area contributed by atoms with Crippen LogP contribution in [-0.2, 0) is 17.6 Å². The molecule has 6 heteroatoms. The molecule has 0 fully saturated rings. The Morgan fingerprint density at radius 1 is 1.03 bits per heavy atom. The summed E-state index contributed by atoms with van der Waals surface area (Å²) < 4.78 is 0. The van der Waals surface area contributed by atoms with Crippen LogP contribution in [0.4, 0.5) is 5.00 Å². The van der Waals surface area contributed by atoms with E-state index in [4.69, 9.17) is 0 Å². The molecule has 158 valence electrons. The zero-order chi connectivity index (χ0) is 22.5. The molecule has 0 aliphatic heterocycles. The average Bonchev–Trinajstić information content (AvgIpc) is 3.16. The first-order valence-corrected chi connectivity index (χ1v) is 12.0. The largest absolute Gasteiger partial charge is 0.312 e. The third-order valence-corrected chi connectivity index (χ3v) is 7.55. The molecule has 0 radical (unpaired) electrons. The number of anilines is 1. The van der Waals surface area contributed by atoms with E-state index in [0.29, 0.717) is 10.6 Å². The van der Waals surface area contributed by atoms with Crippen molar-refractivity contribution in [2.24, 2.45) is 0 Å². The van der Waals surface area contributed by atoms with Gasteiger partial charge >= 0.3 is 0 Å². The summed E-state index contributed by atoms with van der Waals surface area (Å²) in [6.07, 6.45) is 5.56. The fourth-order valence-electron chi connectivity index (χ4n) is 3.63. The number of nitrogens with zero attached hydrogens (tertiary/aromatic N) is 2. The molecule has 0 atom stereocenters. The Balaban J connectivity index is 1.49. The van der Waals surface area contributed by atoms with E-state index in [2.05, 4.69) is 42.6 Å². The molecule has 1 aliphatic carbocycles. The van der Waals surface area contributed by atoms with Crippen molar-refractivity contribution in [2.75, 3.05) is 5.32 Å². The zero-order valence-corrected chi connectivity index (χ0v) is 19.3. The second-order valence-corrected chi connectivity index (χ2v) is 9.89. The maximum Gasteiger partial charge on any atom is 0.266 e. The van der Waals surface area contributed by atoms with Crippen molar-refractivity contribution in [3.05, 3.63) is 81.2 Å². The lowest BCUT2D eigenvalue weighted by Gasteiger charge is -2.09. The van der Waals surface area contributed by atoms with Crippen molar-refractivity contribution in [1.82, 2.24) is 0 Å². The lowest BCUT2D eigenvalue weighted by Crippen LogP contribution is -2.13. The van der Waals surface area contributed by atoms with Gasteiger partial charge in [-0.1, -0.05) is 41.6 Å². The number of fused-ring (bicyclic) bond motifs is 1. The SMILES string of the molecule is Cc1ccc(Sc2ccc(/C=C(\C#N)C(=O)Nc3sc4c(c3C#N)CCCC4)cc2)cc1. The number of thiophene rings is 1.